The molecule has 0 spiro atoms. The highest BCUT2D eigenvalue weighted by molar-refractivity contribution is 9.10. The maximum atomic E-state index is 12.8. The molecule has 1 aromatic rings. The van der Waals surface area contributed by atoms with Gasteiger partial charge in [-0.3, -0.25) is 4.18 Å². The third-order valence-corrected chi connectivity index (χ3v) is 5.75. The molecule has 0 aliphatic rings. The van der Waals surface area contributed by atoms with Gasteiger partial charge >= 0.3 is 37.2 Å². The fraction of sp³-hybridized carbons (Fsp3) is 0.462. The largest absolute Gasteiger partial charge is 0.523 e. The molecule has 0 aromatic heterocycles. The van der Waals surface area contributed by atoms with Gasteiger partial charge in [0.1, 0.15) is 6.61 Å². The Morgan fingerprint density at radius 2 is 1.40 bits per heavy atom. The van der Waals surface area contributed by atoms with Crippen molar-refractivity contribution in [2.45, 2.75) is 23.5 Å². The van der Waals surface area contributed by atoms with E-state index in [1.165, 1.54) is 0 Å². The molecule has 0 N–H and O–H groups in total. The Kier molecular flexibility index (Phi) is 7.96. The third kappa shape index (κ3) is 5.83. The van der Waals surface area contributed by atoms with Crippen LogP contribution in [0.4, 0.5) is 26.3 Å². The van der Waals surface area contributed by atoms with Gasteiger partial charge in [0.2, 0.25) is 5.60 Å². The molecule has 0 amide bonds. The molecule has 0 aliphatic heterocycles. The van der Waals surface area contributed by atoms with Crippen LogP contribution in [0.25, 0.3) is 0 Å². The van der Waals surface area contributed by atoms with Gasteiger partial charge in [0, 0.05) is 4.47 Å². The van der Waals surface area contributed by atoms with Crippen molar-refractivity contribution in [1.82, 2.24) is 0 Å². The van der Waals surface area contributed by atoms with Crippen LogP contribution in [0.5, 0.6) is 0 Å². The van der Waals surface area contributed by atoms with Crippen molar-refractivity contribution >= 4 is 42.1 Å². The van der Waals surface area contributed by atoms with E-state index in [0.29, 0.717) is 0 Å². The monoisotopic (exact) mass is 552 g/mol. The third-order valence-electron chi connectivity index (χ3n) is 3.15. The zero-order chi connectivity index (χ0) is 23.6. The highest BCUT2D eigenvalue weighted by Gasteiger charge is 2.58. The Balaban J connectivity index is 3.71. The highest BCUT2D eigenvalue weighted by atomic mass is 79.9. The van der Waals surface area contributed by atoms with E-state index < -0.39 is 61.6 Å². The number of hydrogen-bond acceptors (Lipinski definition) is 8. The first-order chi connectivity index (χ1) is 13.4. The molecule has 0 saturated carbocycles. The molecule has 17 heteroatoms. The average molecular weight is 553 g/mol. The van der Waals surface area contributed by atoms with E-state index in [4.69, 9.17) is 0 Å². The minimum Gasteiger partial charge on any atom is -0.463 e. The standard InChI is InChI=1S/C13H11BrF6O8S2/c1-2-26-10(21)11(8-3-5-9(14)6-4-8,28-30(24,25)13(18,19)20)7-27-29(22,23)12(15,16)17/h3-6H,2,7H2,1H3. The maximum Gasteiger partial charge on any atom is 0.523 e. The molecule has 30 heavy (non-hydrogen) atoms. The summed E-state index contributed by atoms with van der Waals surface area (Å²) < 4.78 is 134. The van der Waals surface area contributed by atoms with Crippen molar-refractivity contribution in [1.29, 1.82) is 0 Å². The molecule has 0 fully saturated rings. The SMILES string of the molecule is CCOC(=O)C(COS(=O)(=O)C(F)(F)F)(OS(=O)(=O)C(F)(F)F)c1ccc(Br)cc1. The van der Waals surface area contributed by atoms with Gasteiger partial charge in [-0.05, 0) is 24.6 Å². The molecule has 0 bridgehead atoms. The Morgan fingerprint density at radius 3 is 1.80 bits per heavy atom. The number of carbonyl (C=O) groups is 1. The topological polar surface area (TPSA) is 113 Å². The summed E-state index contributed by atoms with van der Waals surface area (Å²) >= 11 is 2.94. The van der Waals surface area contributed by atoms with Crippen LogP contribution in [0.2, 0.25) is 0 Å². The first-order valence-electron chi connectivity index (χ1n) is 7.30. The Bertz CT molecular complexity index is 972. The van der Waals surface area contributed by atoms with E-state index in [2.05, 4.69) is 29.0 Å². The molecule has 1 unspecified atom stereocenters. The number of ether oxygens (including phenoxy) is 1. The van der Waals surface area contributed by atoms with Crippen LogP contribution in [0.1, 0.15) is 12.5 Å². The zero-order valence-corrected chi connectivity index (χ0v) is 17.7. The van der Waals surface area contributed by atoms with Crippen molar-refractivity contribution < 1.29 is 61.1 Å². The van der Waals surface area contributed by atoms with Gasteiger partial charge < -0.3 is 4.74 Å². The van der Waals surface area contributed by atoms with Gasteiger partial charge in [-0.2, -0.15) is 43.2 Å². The Hall–Kier alpha value is -1.43. The van der Waals surface area contributed by atoms with Gasteiger partial charge in [-0.15, -0.1) is 0 Å². The average Bonchev–Trinajstić information content (AvgIpc) is 2.57. The number of halogens is 7. The van der Waals surface area contributed by atoms with Crippen molar-refractivity contribution in [3.05, 3.63) is 34.3 Å². The number of carbonyl (C=O) groups excluding carboxylic acids is 1. The molecular formula is C13H11BrF6O8S2. The number of rotatable bonds is 8. The second-order valence-corrected chi connectivity index (χ2v) is 9.26. The van der Waals surface area contributed by atoms with E-state index in [1.807, 2.05) is 0 Å². The van der Waals surface area contributed by atoms with Gasteiger partial charge in [0.15, 0.2) is 0 Å². The number of hydrogen-bond donors (Lipinski definition) is 0. The summed E-state index contributed by atoms with van der Waals surface area (Å²) in [6.45, 7) is -1.58. The lowest BCUT2D eigenvalue weighted by molar-refractivity contribution is -0.167. The van der Waals surface area contributed by atoms with Crippen molar-refractivity contribution in [2.24, 2.45) is 0 Å². The van der Waals surface area contributed by atoms with Crippen molar-refractivity contribution in [3.8, 4) is 0 Å². The number of alkyl halides is 6. The van der Waals surface area contributed by atoms with E-state index in [9.17, 15) is 48.0 Å². The van der Waals surface area contributed by atoms with Gasteiger partial charge in [0.25, 0.3) is 0 Å². The predicted octanol–water partition coefficient (Wildman–Crippen LogP) is 2.94. The van der Waals surface area contributed by atoms with Crippen LogP contribution in [-0.2, 0) is 43.7 Å². The quantitative estimate of drug-likeness (QED) is 0.209. The molecular weight excluding hydrogens is 542 g/mol. The molecule has 0 saturated heterocycles. The lowest BCUT2D eigenvalue weighted by Crippen LogP contribution is -2.49. The van der Waals surface area contributed by atoms with E-state index in [1.54, 1.807) is 0 Å². The molecule has 172 valence electrons. The van der Waals surface area contributed by atoms with E-state index in [0.717, 1.165) is 31.2 Å². The van der Waals surface area contributed by atoms with Crippen LogP contribution >= 0.6 is 15.9 Å². The second kappa shape index (κ2) is 8.97. The summed E-state index contributed by atoms with van der Waals surface area (Å²) in [5, 5.41) is 0. The van der Waals surface area contributed by atoms with E-state index >= 15 is 0 Å². The zero-order valence-electron chi connectivity index (χ0n) is 14.5. The maximum absolute atomic E-state index is 12.8. The van der Waals surface area contributed by atoms with Crippen molar-refractivity contribution in [3.63, 3.8) is 0 Å². The Morgan fingerprint density at radius 1 is 0.933 bits per heavy atom. The molecule has 0 aliphatic carbocycles. The van der Waals surface area contributed by atoms with Crippen LogP contribution in [0.15, 0.2) is 28.7 Å². The normalized spacial score (nSPS) is 15.5. The summed E-state index contributed by atoms with van der Waals surface area (Å²) in [4.78, 5) is 12.4. The predicted molar refractivity (Wildman–Crippen MR) is 89.4 cm³/mol. The molecule has 0 radical (unpaired) electrons. The van der Waals surface area contributed by atoms with Crippen LogP contribution in [0.3, 0.4) is 0 Å². The van der Waals surface area contributed by atoms with Gasteiger partial charge in [-0.1, -0.05) is 28.1 Å². The van der Waals surface area contributed by atoms with E-state index in [-0.39, 0.29) is 4.47 Å². The second-order valence-electron chi connectivity index (χ2n) is 5.20. The summed E-state index contributed by atoms with van der Waals surface area (Å²) in [6.07, 6.45) is 0. The molecule has 1 rings (SSSR count). The van der Waals surface area contributed by atoms with Crippen LogP contribution in [0, 0.1) is 0 Å². The lowest BCUT2D eigenvalue weighted by atomic mass is 9.95. The van der Waals surface area contributed by atoms with Crippen LogP contribution in [-0.4, -0.2) is 47.0 Å². The Labute approximate surface area is 174 Å². The fourth-order valence-electron chi connectivity index (χ4n) is 1.79. The molecule has 1 aromatic carbocycles. The first kappa shape index (κ1) is 26.6. The molecule has 1 atom stereocenters. The molecule has 0 heterocycles. The van der Waals surface area contributed by atoms with Gasteiger partial charge in [-0.25, -0.2) is 8.98 Å². The van der Waals surface area contributed by atoms with Crippen LogP contribution < -0.4 is 0 Å². The van der Waals surface area contributed by atoms with Crippen molar-refractivity contribution in [2.75, 3.05) is 13.2 Å². The minimum atomic E-state index is -6.65. The molecule has 8 nitrogen and oxygen atoms in total. The summed E-state index contributed by atoms with van der Waals surface area (Å²) in [7, 11) is -13.1. The summed E-state index contributed by atoms with van der Waals surface area (Å²) in [5.41, 5.74) is -16.5. The first-order valence-corrected chi connectivity index (χ1v) is 10.9. The lowest BCUT2D eigenvalue weighted by Gasteiger charge is -2.30. The van der Waals surface area contributed by atoms with Gasteiger partial charge in [0.05, 0.1) is 6.61 Å². The number of esters is 1. The smallest absolute Gasteiger partial charge is 0.463 e. The summed E-state index contributed by atoms with van der Waals surface area (Å²) in [6, 6.07) is 3.70. The highest BCUT2D eigenvalue weighted by Crippen LogP contribution is 2.38. The fourth-order valence-corrected chi connectivity index (χ4v) is 3.20. The number of benzene rings is 1. The minimum absolute atomic E-state index is 0.256. The summed E-state index contributed by atoms with van der Waals surface area (Å²) in [5.74, 6) is -1.95.